The first-order chi connectivity index (χ1) is 14.0. The number of aliphatic imine (C=N–C) groups is 1. The van der Waals surface area contributed by atoms with Gasteiger partial charge < -0.3 is 15.5 Å². The third-order valence-corrected chi connectivity index (χ3v) is 6.04. The van der Waals surface area contributed by atoms with Crippen molar-refractivity contribution < 1.29 is 0 Å². The lowest BCUT2D eigenvalue weighted by atomic mass is 10.0. The summed E-state index contributed by atoms with van der Waals surface area (Å²) in [5, 5.41) is 1.16. The molecule has 0 saturated carbocycles. The Morgan fingerprint density at radius 2 is 1.93 bits per heavy atom. The number of hydrogen-bond donors (Lipinski definition) is 1. The molecule has 1 aromatic carbocycles. The number of nitrogens with zero attached hydrogens (tertiary/aromatic N) is 4. The van der Waals surface area contributed by atoms with E-state index in [0.717, 1.165) is 47.1 Å². The van der Waals surface area contributed by atoms with E-state index in [2.05, 4.69) is 55.8 Å². The van der Waals surface area contributed by atoms with Crippen molar-refractivity contribution in [3.63, 3.8) is 0 Å². The summed E-state index contributed by atoms with van der Waals surface area (Å²) in [7, 11) is 2.20. The first-order valence-electron chi connectivity index (χ1n) is 11.1. The molecule has 0 unspecified atom stereocenters. The van der Waals surface area contributed by atoms with Crippen LogP contribution >= 0.6 is 0 Å². The molecule has 29 heavy (non-hydrogen) atoms. The number of nitrogens with two attached hydrogens (primary N) is 1. The van der Waals surface area contributed by atoms with Gasteiger partial charge in [0.25, 0.3) is 0 Å². The van der Waals surface area contributed by atoms with E-state index < -0.39 is 0 Å². The number of aromatic nitrogens is 1. The highest BCUT2D eigenvalue weighted by molar-refractivity contribution is 5.93. The predicted octanol–water partition coefficient (Wildman–Crippen LogP) is 4.59. The molecule has 0 radical (unpaired) electrons. The van der Waals surface area contributed by atoms with E-state index in [4.69, 9.17) is 15.7 Å². The number of aryl methyl sites for hydroxylation is 2. The van der Waals surface area contributed by atoms with E-state index in [0.29, 0.717) is 5.82 Å². The molecular formula is C24H37N5. The monoisotopic (exact) mass is 395 g/mol. The van der Waals surface area contributed by atoms with Gasteiger partial charge in [-0.3, -0.25) is 4.99 Å². The Kier molecular flexibility index (Phi) is 7.62. The van der Waals surface area contributed by atoms with E-state index in [1.165, 1.54) is 51.1 Å². The number of anilines is 1. The molecule has 0 bridgehead atoms. The summed E-state index contributed by atoms with van der Waals surface area (Å²) in [6, 6.07) is 6.65. The molecule has 1 aromatic heterocycles. The Labute approximate surface area is 176 Å². The van der Waals surface area contributed by atoms with Crippen LogP contribution in [0.2, 0.25) is 0 Å². The molecule has 1 aliphatic rings. The van der Waals surface area contributed by atoms with Gasteiger partial charge in [0.1, 0.15) is 11.5 Å². The zero-order chi connectivity index (χ0) is 20.8. The van der Waals surface area contributed by atoms with Gasteiger partial charge in [-0.05, 0) is 70.3 Å². The zero-order valence-electron chi connectivity index (χ0n) is 18.7. The molecule has 0 atom stereocenters. The zero-order valence-corrected chi connectivity index (χ0v) is 18.7. The number of unbranched alkanes of at least 4 members (excludes halogenated alkanes) is 1. The van der Waals surface area contributed by atoms with E-state index in [1.807, 2.05) is 0 Å². The molecule has 2 heterocycles. The second-order valence-electron chi connectivity index (χ2n) is 8.52. The predicted molar refractivity (Wildman–Crippen MR) is 125 cm³/mol. The Morgan fingerprint density at radius 3 is 2.66 bits per heavy atom. The lowest BCUT2D eigenvalue weighted by Gasteiger charge is -2.32. The van der Waals surface area contributed by atoms with Crippen molar-refractivity contribution >= 4 is 28.1 Å². The largest absolute Gasteiger partial charge is 0.382 e. The quantitative estimate of drug-likeness (QED) is 0.664. The Balaban J connectivity index is 1.69. The Morgan fingerprint density at radius 1 is 1.17 bits per heavy atom. The molecule has 0 spiro atoms. The van der Waals surface area contributed by atoms with Crippen molar-refractivity contribution in [1.82, 2.24) is 14.8 Å². The van der Waals surface area contributed by atoms with Gasteiger partial charge in [-0.15, -0.1) is 0 Å². The highest BCUT2D eigenvalue weighted by Crippen LogP contribution is 2.32. The van der Waals surface area contributed by atoms with E-state index in [1.54, 1.807) is 0 Å². The lowest BCUT2D eigenvalue weighted by molar-refractivity contribution is 0.153. The van der Waals surface area contributed by atoms with Crippen molar-refractivity contribution in [3.05, 3.63) is 29.3 Å². The fourth-order valence-electron chi connectivity index (χ4n) is 4.04. The minimum atomic E-state index is 0.542. The topological polar surface area (TPSA) is 57.8 Å². The van der Waals surface area contributed by atoms with Gasteiger partial charge in [0.15, 0.2) is 0 Å². The summed E-state index contributed by atoms with van der Waals surface area (Å²) < 4.78 is 0. The smallest absolute Gasteiger partial charge is 0.150 e. The minimum Gasteiger partial charge on any atom is -0.382 e. The average Bonchev–Trinajstić information content (AvgIpc) is 2.71. The molecule has 5 heteroatoms. The highest BCUT2D eigenvalue weighted by Gasteiger charge is 2.14. The van der Waals surface area contributed by atoms with Crippen LogP contribution in [0.1, 0.15) is 50.7 Å². The third kappa shape index (κ3) is 5.77. The van der Waals surface area contributed by atoms with Crippen molar-refractivity contribution in [2.45, 2.75) is 52.9 Å². The van der Waals surface area contributed by atoms with Gasteiger partial charge in [-0.25, -0.2) is 4.98 Å². The van der Waals surface area contributed by atoms with E-state index in [-0.39, 0.29) is 0 Å². The molecule has 1 aliphatic heterocycles. The second kappa shape index (κ2) is 10.2. The summed E-state index contributed by atoms with van der Waals surface area (Å²) in [4.78, 5) is 14.5. The summed E-state index contributed by atoms with van der Waals surface area (Å²) in [5.74, 6) is 0.542. The van der Waals surface area contributed by atoms with Crippen molar-refractivity contribution in [3.8, 4) is 0 Å². The maximum Gasteiger partial charge on any atom is 0.150 e. The molecule has 1 fully saturated rings. The number of pyridine rings is 1. The third-order valence-electron chi connectivity index (χ3n) is 6.04. The molecule has 0 amide bonds. The summed E-state index contributed by atoms with van der Waals surface area (Å²) in [6.07, 6.45) is 5.61. The van der Waals surface area contributed by atoms with Gasteiger partial charge in [0, 0.05) is 37.3 Å². The van der Waals surface area contributed by atoms with E-state index >= 15 is 0 Å². The Hall–Kier alpha value is -1.98. The number of piperazine rings is 1. The summed E-state index contributed by atoms with van der Waals surface area (Å²) in [6.45, 7) is 12.3. The van der Waals surface area contributed by atoms with Crippen LogP contribution in [0.15, 0.2) is 23.2 Å². The molecule has 3 rings (SSSR count). The van der Waals surface area contributed by atoms with Crippen LogP contribution < -0.4 is 5.73 Å². The first kappa shape index (κ1) is 21.7. The van der Waals surface area contributed by atoms with Crippen molar-refractivity contribution in [2.75, 3.05) is 45.5 Å². The highest BCUT2D eigenvalue weighted by atomic mass is 15.2. The van der Waals surface area contributed by atoms with Gasteiger partial charge in [0.2, 0.25) is 0 Å². The van der Waals surface area contributed by atoms with Crippen molar-refractivity contribution in [2.24, 2.45) is 4.99 Å². The van der Waals surface area contributed by atoms with Crippen LogP contribution in [-0.4, -0.2) is 60.3 Å². The van der Waals surface area contributed by atoms with Crippen LogP contribution in [0.3, 0.4) is 0 Å². The molecule has 2 N–H and O–H groups in total. The summed E-state index contributed by atoms with van der Waals surface area (Å²) in [5.41, 5.74) is 11.7. The molecule has 1 saturated heterocycles. The van der Waals surface area contributed by atoms with Crippen LogP contribution in [-0.2, 0) is 6.42 Å². The fraction of sp³-hybridized carbons (Fsp3) is 0.583. The Bertz CT molecular complexity index is 850. The number of fused-ring (bicyclic) bond motifs is 1. The molecular weight excluding hydrogens is 358 g/mol. The molecule has 158 valence electrons. The standard InChI is InChI=1S/C24H37N5/c1-5-6-8-18(2)26-23-19(3)21-11-10-20(17-22(21)27-24(23)25)9-7-12-29-15-13-28(4)14-16-29/h10-11,17H,5-9,12-16H2,1-4H3,(H2,25,27). The number of hydrogen-bond acceptors (Lipinski definition) is 5. The maximum atomic E-state index is 6.29. The van der Waals surface area contributed by atoms with Crippen molar-refractivity contribution in [1.29, 1.82) is 0 Å². The second-order valence-corrected chi connectivity index (χ2v) is 8.52. The lowest BCUT2D eigenvalue weighted by Crippen LogP contribution is -2.44. The number of benzene rings is 1. The molecule has 0 aliphatic carbocycles. The minimum absolute atomic E-state index is 0.542. The van der Waals surface area contributed by atoms with Gasteiger partial charge in [-0.2, -0.15) is 0 Å². The average molecular weight is 396 g/mol. The van der Waals surface area contributed by atoms with Crippen LogP contribution in [0.5, 0.6) is 0 Å². The first-order valence-corrected chi connectivity index (χ1v) is 11.1. The van der Waals surface area contributed by atoms with Crippen LogP contribution in [0, 0.1) is 6.92 Å². The van der Waals surface area contributed by atoms with E-state index in [9.17, 15) is 0 Å². The molecule has 5 nitrogen and oxygen atoms in total. The normalized spacial score (nSPS) is 16.6. The van der Waals surface area contributed by atoms with Crippen LogP contribution in [0.4, 0.5) is 11.5 Å². The van der Waals surface area contributed by atoms with Gasteiger partial charge in [0.05, 0.1) is 5.52 Å². The maximum absolute atomic E-state index is 6.29. The number of likely N-dealkylation sites (N-methyl/N-ethyl adjacent to an activating group) is 1. The van der Waals surface area contributed by atoms with Crippen LogP contribution in [0.25, 0.3) is 10.9 Å². The van der Waals surface area contributed by atoms with Gasteiger partial charge >= 0.3 is 0 Å². The van der Waals surface area contributed by atoms with Gasteiger partial charge in [-0.1, -0.05) is 25.5 Å². The number of nitrogen functional groups attached to an aromatic ring is 1. The fourth-order valence-corrected chi connectivity index (χ4v) is 4.04. The summed E-state index contributed by atoms with van der Waals surface area (Å²) >= 11 is 0. The number of rotatable bonds is 8. The molecule has 2 aromatic rings. The SMILES string of the molecule is CCCCC(C)=Nc1c(N)nc2cc(CCCN3CCN(C)CC3)ccc2c1C.